The summed E-state index contributed by atoms with van der Waals surface area (Å²) in [6.07, 6.45) is 1.02. The Balaban J connectivity index is 1.82. The molecule has 0 aromatic heterocycles. The normalized spacial score (nSPS) is 19.3. The molecule has 1 heterocycles. The third kappa shape index (κ3) is 3.10. The highest BCUT2D eigenvalue weighted by Crippen LogP contribution is 2.25. The zero-order valence-corrected chi connectivity index (χ0v) is 11.3. The molecule has 1 aromatic rings. The van der Waals surface area contributed by atoms with E-state index in [4.69, 9.17) is 4.74 Å². The molecule has 0 amide bonds. The van der Waals surface area contributed by atoms with Crippen molar-refractivity contribution in [2.24, 2.45) is 5.41 Å². The number of benzene rings is 1. The minimum atomic E-state index is -0.0417. The largest absolute Gasteiger partial charge is 0.396 e. The van der Waals surface area contributed by atoms with Crippen LogP contribution in [0.2, 0.25) is 0 Å². The zero-order valence-electron chi connectivity index (χ0n) is 11.3. The van der Waals surface area contributed by atoms with Crippen LogP contribution in [-0.4, -0.2) is 37.5 Å². The molecule has 1 aliphatic heterocycles. The molecule has 3 heteroatoms. The molecule has 100 valence electrons. The Labute approximate surface area is 109 Å². The van der Waals surface area contributed by atoms with Gasteiger partial charge in [0.1, 0.15) is 0 Å². The summed E-state index contributed by atoms with van der Waals surface area (Å²) in [5, 5.41) is 12.9. The third-order valence-corrected chi connectivity index (χ3v) is 3.76. The molecule has 0 saturated carbocycles. The molecule has 1 aromatic carbocycles. The summed E-state index contributed by atoms with van der Waals surface area (Å²) in [4.78, 5) is 0. The van der Waals surface area contributed by atoms with E-state index in [1.165, 1.54) is 11.1 Å². The fourth-order valence-electron chi connectivity index (χ4n) is 2.27. The van der Waals surface area contributed by atoms with Gasteiger partial charge < -0.3 is 15.2 Å². The molecular formula is C15H23NO2. The summed E-state index contributed by atoms with van der Waals surface area (Å²) in [6, 6.07) is 8.90. The zero-order chi connectivity index (χ0) is 13.0. The Kier molecular flexibility index (Phi) is 4.38. The first-order valence-electron chi connectivity index (χ1n) is 6.62. The van der Waals surface area contributed by atoms with Crippen LogP contribution in [-0.2, 0) is 11.2 Å². The SMILES string of the molecule is Cc1ccccc1CC(C)NCC1(CO)COC1. The number of aliphatic hydroxyl groups is 1. The van der Waals surface area contributed by atoms with E-state index in [1.807, 2.05) is 0 Å². The number of hydrogen-bond acceptors (Lipinski definition) is 3. The van der Waals surface area contributed by atoms with Gasteiger partial charge in [0.25, 0.3) is 0 Å². The molecule has 1 aliphatic rings. The van der Waals surface area contributed by atoms with Crippen molar-refractivity contribution in [2.75, 3.05) is 26.4 Å². The van der Waals surface area contributed by atoms with Crippen molar-refractivity contribution in [2.45, 2.75) is 26.3 Å². The van der Waals surface area contributed by atoms with Crippen LogP contribution < -0.4 is 5.32 Å². The monoisotopic (exact) mass is 249 g/mol. The second kappa shape index (κ2) is 5.83. The summed E-state index contributed by atoms with van der Waals surface area (Å²) in [5.74, 6) is 0. The molecule has 1 saturated heterocycles. The van der Waals surface area contributed by atoms with Gasteiger partial charge >= 0.3 is 0 Å². The van der Waals surface area contributed by atoms with Crippen molar-refractivity contribution in [3.8, 4) is 0 Å². The summed E-state index contributed by atoms with van der Waals surface area (Å²) in [6.45, 7) is 6.73. The highest BCUT2D eigenvalue weighted by molar-refractivity contribution is 5.26. The number of aryl methyl sites for hydroxylation is 1. The van der Waals surface area contributed by atoms with Crippen LogP contribution in [0.3, 0.4) is 0 Å². The second-order valence-electron chi connectivity index (χ2n) is 5.56. The molecule has 0 spiro atoms. The number of aliphatic hydroxyl groups excluding tert-OH is 1. The predicted octanol–water partition coefficient (Wildman–Crippen LogP) is 1.52. The van der Waals surface area contributed by atoms with Gasteiger partial charge in [-0.25, -0.2) is 0 Å². The molecular weight excluding hydrogens is 226 g/mol. The Morgan fingerprint density at radius 1 is 1.39 bits per heavy atom. The summed E-state index contributed by atoms with van der Waals surface area (Å²) in [7, 11) is 0. The molecule has 2 N–H and O–H groups in total. The lowest BCUT2D eigenvalue weighted by Gasteiger charge is -2.40. The van der Waals surface area contributed by atoms with Gasteiger partial charge in [-0.1, -0.05) is 24.3 Å². The average Bonchev–Trinajstić information content (AvgIpc) is 2.31. The van der Waals surface area contributed by atoms with Crippen molar-refractivity contribution < 1.29 is 9.84 Å². The smallest absolute Gasteiger partial charge is 0.0579 e. The fourth-order valence-corrected chi connectivity index (χ4v) is 2.27. The minimum Gasteiger partial charge on any atom is -0.396 e. The van der Waals surface area contributed by atoms with E-state index in [1.54, 1.807) is 0 Å². The van der Waals surface area contributed by atoms with E-state index in [2.05, 4.69) is 43.4 Å². The van der Waals surface area contributed by atoms with Crippen molar-refractivity contribution in [3.05, 3.63) is 35.4 Å². The van der Waals surface area contributed by atoms with E-state index in [-0.39, 0.29) is 12.0 Å². The summed E-state index contributed by atoms with van der Waals surface area (Å²) >= 11 is 0. The molecule has 0 aliphatic carbocycles. The predicted molar refractivity (Wildman–Crippen MR) is 72.7 cm³/mol. The van der Waals surface area contributed by atoms with Crippen molar-refractivity contribution in [3.63, 3.8) is 0 Å². The highest BCUT2D eigenvalue weighted by Gasteiger charge is 2.37. The maximum absolute atomic E-state index is 9.36. The van der Waals surface area contributed by atoms with E-state index in [0.717, 1.165) is 13.0 Å². The summed E-state index contributed by atoms with van der Waals surface area (Å²) in [5.41, 5.74) is 2.69. The number of hydrogen-bond donors (Lipinski definition) is 2. The molecule has 1 unspecified atom stereocenters. The van der Waals surface area contributed by atoms with Gasteiger partial charge in [0, 0.05) is 12.6 Å². The first-order valence-corrected chi connectivity index (χ1v) is 6.62. The van der Waals surface area contributed by atoms with Crippen LogP contribution in [0.15, 0.2) is 24.3 Å². The quantitative estimate of drug-likeness (QED) is 0.803. The van der Waals surface area contributed by atoms with E-state index in [9.17, 15) is 5.11 Å². The van der Waals surface area contributed by atoms with E-state index >= 15 is 0 Å². The van der Waals surface area contributed by atoms with Gasteiger partial charge in [-0.15, -0.1) is 0 Å². The van der Waals surface area contributed by atoms with Crippen LogP contribution in [0.25, 0.3) is 0 Å². The number of ether oxygens (including phenoxy) is 1. The van der Waals surface area contributed by atoms with Crippen LogP contribution in [0.4, 0.5) is 0 Å². The highest BCUT2D eigenvalue weighted by atomic mass is 16.5. The van der Waals surface area contributed by atoms with Crippen LogP contribution in [0, 0.1) is 12.3 Å². The summed E-state index contributed by atoms with van der Waals surface area (Å²) < 4.78 is 5.20. The standard InChI is InChI=1S/C15H23NO2/c1-12-5-3-4-6-14(12)7-13(2)16-8-15(9-17)10-18-11-15/h3-6,13,16-17H,7-11H2,1-2H3. The van der Waals surface area contributed by atoms with Gasteiger partial charge in [-0.3, -0.25) is 0 Å². The van der Waals surface area contributed by atoms with Crippen LogP contribution in [0.5, 0.6) is 0 Å². The first kappa shape index (κ1) is 13.5. The fraction of sp³-hybridized carbons (Fsp3) is 0.600. The lowest BCUT2D eigenvalue weighted by atomic mass is 9.86. The molecule has 0 bridgehead atoms. The Morgan fingerprint density at radius 3 is 2.67 bits per heavy atom. The Bertz CT molecular complexity index is 382. The van der Waals surface area contributed by atoms with Crippen LogP contribution in [0.1, 0.15) is 18.1 Å². The van der Waals surface area contributed by atoms with Gasteiger partial charge in [-0.05, 0) is 31.4 Å². The second-order valence-corrected chi connectivity index (χ2v) is 5.56. The van der Waals surface area contributed by atoms with E-state index in [0.29, 0.717) is 19.3 Å². The molecule has 2 rings (SSSR count). The molecule has 0 radical (unpaired) electrons. The van der Waals surface area contributed by atoms with E-state index < -0.39 is 0 Å². The lowest BCUT2D eigenvalue weighted by molar-refractivity contribution is -0.135. The Morgan fingerprint density at radius 2 is 2.11 bits per heavy atom. The average molecular weight is 249 g/mol. The van der Waals surface area contributed by atoms with Gasteiger partial charge in [-0.2, -0.15) is 0 Å². The third-order valence-electron chi connectivity index (χ3n) is 3.76. The number of rotatable bonds is 6. The molecule has 3 nitrogen and oxygen atoms in total. The topological polar surface area (TPSA) is 41.5 Å². The first-order chi connectivity index (χ1) is 8.65. The molecule has 1 fully saturated rings. The van der Waals surface area contributed by atoms with Gasteiger partial charge in [0.2, 0.25) is 0 Å². The van der Waals surface area contributed by atoms with Crippen LogP contribution >= 0.6 is 0 Å². The minimum absolute atomic E-state index is 0.0417. The van der Waals surface area contributed by atoms with Crippen molar-refractivity contribution in [1.29, 1.82) is 0 Å². The number of nitrogens with one attached hydrogen (secondary N) is 1. The van der Waals surface area contributed by atoms with Crippen molar-refractivity contribution in [1.82, 2.24) is 5.32 Å². The lowest BCUT2D eigenvalue weighted by Crippen LogP contribution is -2.53. The maximum Gasteiger partial charge on any atom is 0.0579 e. The van der Waals surface area contributed by atoms with Gasteiger partial charge in [0.15, 0.2) is 0 Å². The maximum atomic E-state index is 9.36. The molecule has 1 atom stereocenters. The Hall–Kier alpha value is -0.900. The molecule has 18 heavy (non-hydrogen) atoms. The van der Waals surface area contributed by atoms with Gasteiger partial charge in [0.05, 0.1) is 25.2 Å². The van der Waals surface area contributed by atoms with Crippen molar-refractivity contribution >= 4 is 0 Å².